The van der Waals surface area contributed by atoms with Crippen molar-refractivity contribution in [2.24, 2.45) is 5.41 Å². The maximum absolute atomic E-state index is 13.2. The van der Waals surface area contributed by atoms with E-state index in [1.54, 1.807) is 22.9 Å². The van der Waals surface area contributed by atoms with Crippen LogP contribution in [-0.4, -0.2) is 45.9 Å². The average molecular weight is 426 g/mol. The third kappa shape index (κ3) is 5.27. The van der Waals surface area contributed by atoms with Crippen molar-refractivity contribution in [1.29, 1.82) is 0 Å². The molecule has 164 valence electrons. The van der Waals surface area contributed by atoms with Crippen molar-refractivity contribution in [2.45, 2.75) is 33.4 Å². The minimum atomic E-state index is -0.812. The van der Waals surface area contributed by atoms with Gasteiger partial charge in [-0.3, -0.25) is 14.3 Å². The van der Waals surface area contributed by atoms with E-state index >= 15 is 0 Å². The smallest absolute Gasteiger partial charge is 0.273 e. The van der Waals surface area contributed by atoms with Crippen LogP contribution in [-0.2, 0) is 11.3 Å². The SMILES string of the molecule is CC(C)(C)C(NC(=O)c1nn(Cc2ccc(F)cc2)c2ccccc12)C(=O)NCCO. The molecule has 3 aromatic rings. The van der Waals surface area contributed by atoms with E-state index in [2.05, 4.69) is 15.7 Å². The first-order chi connectivity index (χ1) is 14.7. The molecule has 7 nitrogen and oxygen atoms in total. The minimum Gasteiger partial charge on any atom is -0.395 e. The zero-order valence-electron chi connectivity index (χ0n) is 17.9. The highest BCUT2D eigenvalue weighted by Gasteiger charge is 2.33. The van der Waals surface area contributed by atoms with E-state index < -0.39 is 17.4 Å². The molecule has 1 aromatic heterocycles. The van der Waals surface area contributed by atoms with Crippen LogP contribution in [0.3, 0.4) is 0 Å². The Kier molecular flexibility index (Phi) is 6.70. The Labute approximate surface area is 180 Å². The Morgan fingerprint density at radius 2 is 1.81 bits per heavy atom. The number of aromatic nitrogens is 2. The highest BCUT2D eigenvalue weighted by Crippen LogP contribution is 2.23. The number of hydrogen-bond donors (Lipinski definition) is 3. The molecule has 3 rings (SSSR count). The molecule has 1 atom stereocenters. The molecule has 0 aliphatic heterocycles. The number of fused-ring (bicyclic) bond motifs is 1. The van der Waals surface area contributed by atoms with Gasteiger partial charge < -0.3 is 15.7 Å². The van der Waals surface area contributed by atoms with Crippen LogP contribution in [0.15, 0.2) is 48.5 Å². The Morgan fingerprint density at radius 3 is 2.45 bits per heavy atom. The van der Waals surface area contributed by atoms with Gasteiger partial charge in [-0.15, -0.1) is 0 Å². The quantitative estimate of drug-likeness (QED) is 0.541. The molecule has 0 spiro atoms. The fourth-order valence-electron chi connectivity index (χ4n) is 3.33. The molecule has 0 saturated carbocycles. The monoisotopic (exact) mass is 426 g/mol. The van der Waals surface area contributed by atoms with E-state index in [0.29, 0.717) is 11.9 Å². The molecule has 2 amide bonds. The zero-order valence-corrected chi connectivity index (χ0v) is 17.9. The van der Waals surface area contributed by atoms with E-state index in [9.17, 15) is 14.0 Å². The lowest BCUT2D eigenvalue weighted by Crippen LogP contribution is -2.54. The number of nitrogens with zero attached hydrogens (tertiary/aromatic N) is 2. The van der Waals surface area contributed by atoms with Gasteiger partial charge in [0.1, 0.15) is 11.9 Å². The van der Waals surface area contributed by atoms with Crippen LogP contribution in [0.2, 0.25) is 0 Å². The van der Waals surface area contributed by atoms with Crippen LogP contribution in [0.1, 0.15) is 36.8 Å². The summed E-state index contributed by atoms with van der Waals surface area (Å²) in [4.78, 5) is 25.7. The van der Waals surface area contributed by atoms with Gasteiger partial charge in [-0.1, -0.05) is 51.1 Å². The van der Waals surface area contributed by atoms with Gasteiger partial charge >= 0.3 is 0 Å². The summed E-state index contributed by atoms with van der Waals surface area (Å²) >= 11 is 0. The lowest BCUT2D eigenvalue weighted by atomic mass is 9.86. The summed E-state index contributed by atoms with van der Waals surface area (Å²) in [5.41, 5.74) is 1.26. The second-order valence-electron chi connectivity index (χ2n) is 8.44. The van der Waals surface area contributed by atoms with E-state index in [4.69, 9.17) is 5.11 Å². The van der Waals surface area contributed by atoms with Gasteiger partial charge in [0.2, 0.25) is 5.91 Å². The van der Waals surface area contributed by atoms with Crippen LogP contribution < -0.4 is 10.6 Å². The number of hydrogen-bond acceptors (Lipinski definition) is 4. The topological polar surface area (TPSA) is 96.2 Å². The number of aliphatic hydroxyl groups excluding tert-OH is 1. The summed E-state index contributed by atoms with van der Waals surface area (Å²) < 4.78 is 14.9. The van der Waals surface area contributed by atoms with Gasteiger partial charge in [0.25, 0.3) is 5.91 Å². The summed E-state index contributed by atoms with van der Waals surface area (Å²) in [5, 5.41) is 19.6. The first kappa shape index (κ1) is 22.4. The molecule has 0 aliphatic carbocycles. The van der Waals surface area contributed by atoms with Crippen LogP contribution in [0, 0.1) is 11.2 Å². The molecular weight excluding hydrogens is 399 g/mol. The maximum Gasteiger partial charge on any atom is 0.273 e. The molecule has 0 aliphatic rings. The predicted octanol–water partition coefficient (Wildman–Crippen LogP) is 2.48. The fraction of sp³-hybridized carbons (Fsp3) is 0.348. The number of rotatable bonds is 7. The Morgan fingerprint density at radius 1 is 1.13 bits per heavy atom. The van der Waals surface area contributed by atoms with E-state index in [-0.39, 0.29) is 30.6 Å². The van der Waals surface area contributed by atoms with Crippen molar-refractivity contribution in [2.75, 3.05) is 13.2 Å². The van der Waals surface area contributed by atoms with Crippen LogP contribution in [0.4, 0.5) is 4.39 Å². The van der Waals surface area contributed by atoms with Crippen molar-refractivity contribution in [3.63, 3.8) is 0 Å². The maximum atomic E-state index is 13.2. The summed E-state index contributed by atoms with van der Waals surface area (Å²) in [7, 11) is 0. The number of benzene rings is 2. The van der Waals surface area contributed by atoms with Gasteiger partial charge in [-0.05, 0) is 29.2 Å². The van der Waals surface area contributed by atoms with Crippen molar-refractivity contribution < 1.29 is 19.1 Å². The Hall–Kier alpha value is -3.26. The van der Waals surface area contributed by atoms with Crippen LogP contribution in [0.25, 0.3) is 10.9 Å². The Balaban J connectivity index is 1.91. The molecule has 8 heteroatoms. The highest BCUT2D eigenvalue weighted by molar-refractivity contribution is 6.06. The molecule has 3 N–H and O–H groups in total. The number of carbonyl (C=O) groups is 2. The molecule has 2 aromatic carbocycles. The minimum absolute atomic E-state index is 0.108. The molecule has 1 unspecified atom stereocenters. The number of amides is 2. The average Bonchev–Trinajstić information content (AvgIpc) is 3.09. The van der Waals surface area contributed by atoms with Gasteiger partial charge in [0.15, 0.2) is 5.69 Å². The van der Waals surface area contributed by atoms with E-state index in [0.717, 1.165) is 11.1 Å². The lowest BCUT2D eigenvalue weighted by Gasteiger charge is -2.30. The Bertz CT molecular complexity index is 1070. The molecule has 1 heterocycles. The number of carbonyl (C=O) groups excluding carboxylic acids is 2. The van der Waals surface area contributed by atoms with Crippen LogP contribution >= 0.6 is 0 Å². The zero-order chi connectivity index (χ0) is 22.6. The third-order valence-electron chi connectivity index (χ3n) is 4.93. The summed E-state index contributed by atoms with van der Waals surface area (Å²) in [6.45, 7) is 5.84. The summed E-state index contributed by atoms with van der Waals surface area (Å²) in [6, 6.07) is 12.6. The van der Waals surface area contributed by atoms with Gasteiger partial charge in [0.05, 0.1) is 18.7 Å². The molecule has 0 radical (unpaired) electrons. The highest BCUT2D eigenvalue weighted by atomic mass is 19.1. The van der Waals surface area contributed by atoms with Gasteiger partial charge in [0, 0.05) is 11.9 Å². The predicted molar refractivity (Wildman–Crippen MR) is 116 cm³/mol. The summed E-state index contributed by atoms with van der Waals surface area (Å²) in [6.07, 6.45) is 0. The largest absolute Gasteiger partial charge is 0.395 e. The standard InChI is InChI=1S/C23H27FN4O3/c1-23(2,3)20(22(31)25-12-13-29)26-21(30)19-17-6-4-5-7-18(17)28(27-19)14-15-8-10-16(24)11-9-15/h4-11,20,29H,12-14H2,1-3H3,(H,25,31)(H,26,30). The third-order valence-corrected chi connectivity index (χ3v) is 4.93. The van der Waals surface area contributed by atoms with Crippen LogP contribution in [0.5, 0.6) is 0 Å². The van der Waals surface area contributed by atoms with Crippen molar-refractivity contribution >= 4 is 22.7 Å². The normalized spacial score (nSPS) is 12.5. The van der Waals surface area contributed by atoms with Gasteiger partial charge in [-0.25, -0.2) is 4.39 Å². The number of para-hydroxylation sites is 1. The first-order valence-corrected chi connectivity index (χ1v) is 10.1. The first-order valence-electron chi connectivity index (χ1n) is 10.1. The molecule has 31 heavy (non-hydrogen) atoms. The number of halogens is 1. The molecule has 0 fully saturated rings. The lowest BCUT2D eigenvalue weighted by molar-refractivity contribution is -0.125. The van der Waals surface area contributed by atoms with E-state index in [1.807, 2.05) is 39.0 Å². The molecule has 0 bridgehead atoms. The van der Waals surface area contributed by atoms with Crippen molar-refractivity contribution in [3.05, 3.63) is 65.6 Å². The van der Waals surface area contributed by atoms with Crippen molar-refractivity contribution in [1.82, 2.24) is 20.4 Å². The number of nitrogens with one attached hydrogen (secondary N) is 2. The molecule has 0 saturated heterocycles. The summed E-state index contributed by atoms with van der Waals surface area (Å²) in [5.74, 6) is -1.15. The second kappa shape index (κ2) is 9.26. The van der Waals surface area contributed by atoms with Crippen molar-refractivity contribution in [3.8, 4) is 0 Å². The molecular formula is C23H27FN4O3. The van der Waals surface area contributed by atoms with E-state index in [1.165, 1.54) is 12.1 Å². The number of aliphatic hydroxyl groups is 1. The van der Waals surface area contributed by atoms with Gasteiger partial charge in [-0.2, -0.15) is 5.10 Å². The fourth-order valence-corrected chi connectivity index (χ4v) is 3.33. The second-order valence-corrected chi connectivity index (χ2v) is 8.44.